The Kier molecular flexibility index (Phi) is 4.98. The van der Waals surface area contributed by atoms with Gasteiger partial charge in [-0.1, -0.05) is 0 Å². The second kappa shape index (κ2) is 7.73. The van der Waals surface area contributed by atoms with Crippen molar-refractivity contribution in [3.63, 3.8) is 0 Å². The minimum atomic E-state index is -0.327. The van der Waals surface area contributed by atoms with Crippen LogP contribution >= 0.6 is 11.3 Å². The summed E-state index contributed by atoms with van der Waals surface area (Å²) in [6, 6.07) is 5.75. The van der Waals surface area contributed by atoms with Gasteiger partial charge >= 0.3 is 5.97 Å². The Bertz CT molecular complexity index is 1120. The van der Waals surface area contributed by atoms with Crippen LogP contribution in [0.1, 0.15) is 27.7 Å². The molecule has 0 aliphatic rings. The molecule has 0 spiro atoms. The van der Waals surface area contributed by atoms with Crippen LogP contribution in [-0.2, 0) is 11.3 Å². The van der Waals surface area contributed by atoms with Gasteiger partial charge in [0.1, 0.15) is 21.9 Å². The molecule has 1 N–H and O–H groups in total. The van der Waals surface area contributed by atoms with Crippen molar-refractivity contribution in [2.45, 2.75) is 20.4 Å². The number of fused-ring (bicyclic) bond motifs is 1. The summed E-state index contributed by atoms with van der Waals surface area (Å²) in [6.07, 6.45) is 6.80. The van der Waals surface area contributed by atoms with E-state index in [4.69, 9.17) is 4.74 Å². The number of pyridine rings is 1. The molecule has 0 bridgehead atoms. The fourth-order valence-electron chi connectivity index (χ4n) is 2.88. The average molecular weight is 394 g/mol. The lowest BCUT2D eigenvalue weighted by molar-refractivity contribution is 0.0531. The highest BCUT2D eigenvalue weighted by Gasteiger charge is 2.20. The van der Waals surface area contributed by atoms with Gasteiger partial charge < -0.3 is 10.1 Å². The summed E-state index contributed by atoms with van der Waals surface area (Å²) in [5.74, 6) is 1.10. The van der Waals surface area contributed by atoms with Gasteiger partial charge in [0.15, 0.2) is 5.82 Å². The number of hydrogen-bond acceptors (Lipinski definition) is 8. The van der Waals surface area contributed by atoms with Crippen LogP contribution in [0.4, 0.5) is 5.82 Å². The molecule has 142 valence electrons. The summed E-state index contributed by atoms with van der Waals surface area (Å²) < 4.78 is 6.85. The molecular formula is C19H18N6O2S. The predicted molar refractivity (Wildman–Crippen MR) is 107 cm³/mol. The first kappa shape index (κ1) is 18.1. The molecule has 0 atom stereocenters. The van der Waals surface area contributed by atoms with E-state index in [1.54, 1.807) is 24.0 Å². The molecule has 9 heteroatoms. The first-order chi connectivity index (χ1) is 13.7. The second-order valence-electron chi connectivity index (χ2n) is 6.01. The minimum Gasteiger partial charge on any atom is -0.462 e. The number of nitrogens with zero attached hydrogens (tertiary/aromatic N) is 5. The number of hydrogen-bond donors (Lipinski definition) is 1. The van der Waals surface area contributed by atoms with E-state index >= 15 is 0 Å². The van der Waals surface area contributed by atoms with Crippen molar-refractivity contribution in [3.8, 4) is 5.82 Å². The number of anilines is 1. The van der Waals surface area contributed by atoms with Crippen molar-refractivity contribution in [3.05, 3.63) is 59.1 Å². The van der Waals surface area contributed by atoms with Crippen LogP contribution in [0.2, 0.25) is 0 Å². The molecule has 28 heavy (non-hydrogen) atoms. The number of carbonyl (C=O) groups excluding carboxylic acids is 1. The molecular weight excluding hydrogens is 376 g/mol. The Hall–Kier alpha value is -3.33. The van der Waals surface area contributed by atoms with Crippen molar-refractivity contribution < 1.29 is 9.53 Å². The third kappa shape index (κ3) is 3.44. The molecule has 0 fully saturated rings. The van der Waals surface area contributed by atoms with E-state index < -0.39 is 0 Å². The maximum atomic E-state index is 12.2. The van der Waals surface area contributed by atoms with Crippen LogP contribution in [0.15, 0.2) is 43.1 Å². The topological polar surface area (TPSA) is 94.8 Å². The number of thiophene rings is 1. The van der Waals surface area contributed by atoms with Crippen LogP contribution < -0.4 is 5.32 Å². The van der Waals surface area contributed by atoms with Crippen LogP contribution in [0, 0.1) is 6.92 Å². The Morgan fingerprint density at radius 3 is 2.96 bits per heavy atom. The van der Waals surface area contributed by atoms with Crippen LogP contribution in [0.25, 0.3) is 16.0 Å². The molecule has 0 aliphatic carbocycles. The van der Waals surface area contributed by atoms with Gasteiger partial charge in [-0.25, -0.2) is 24.4 Å². The fraction of sp³-hybridized carbons (Fsp3) is 0.211. The predicted octanol–water partition coefficient (Wildman–Crippen LogP) is 3.37. The van der Waals surface area contributed by atoms with E-state index in [0.29, 0.717) is 23.8 Å². The Morgan fingerprint density at radius 1 is 1.29 bits per heavy atom. The van der Waals surface area contributed by atoms with E-state index in [9.17, 15) is 4.79 Å². The Labute approximate surface area is 165 Å². The summed E-state index contributed by atoms with van der Waals surface area (Å²) in [7, 11) is 0. The third-order valence-electron chi connectivity index (χ3n) is 4.20. The fourth-order valence-corrected chi connectivity index (χ4v) is 3.93. The molecule has 0 amide bonds. The molecule has 4 heterocycles. The van der Waals surface area contributed by atoms with Gasteiger partial charge in [-0.2, -0.15) is 5.10 Å². The number of rotatable bonds is 6. The average Bonchev–Trinajstić information content (AvgIpc) is 3.36. The van der Waals surface area contributed by atoms with E-state index in [-0.39, 0.29) is 5.97 Å². The van der Waals surface area contributed by atoms with Crippen LogP contribution in [-0.4, -0.2) is 37.3 Å². The summed E-state index contributed by atoms with van der Waals surface area (Å²) >= 11 is 1.32. The molecule has 0 saturated heterocycles. The molecule has 8 nitrogen and oxygen atoms in total. The van der Waals surface area contributed by atoms with Crippen molar-refractivity contribution in [2.75, 3.05) is 11.9 Å². The van der Waals surface area contributed by atoms with Crippen molar-refractivity contribution in [1.82, 2.24) is 24.7 Å². The Morgan fingerprint density at radius 2 is 2.18 bits per heavy atom. The number of carbonyl (C=O) groups is 1. The van der Waals surface area contributed by atoms with Crippen molar-refractivity contribution in [2.24, 2.45) is 0 Å². The van der Waals surface area contributed by atoms with Gasteiger partial charge in [0.2, 0.25) is 0 Å². The first-order valence-corrected chi connectivity index (χ1v) is 9.59. The van der Waals surface area contributed by atoms with Crippen LogP contribution in [0.3, 0.4) is 0 Å². The molecule has 4 aromatic heterocycles. The van der Waals surface area contributed by atoms with Gasteiger partial charge in [0, 0.05) is 25.1 Å². The summed E-state index contributed by atoms with van der Waals surface area (Å²) in [6.45, 7) is 4.57. The molecule has 0 unspecified atom stereocenters. The maximum Gasteiger partial charge on any atom is 0.348 e. The van der Waals surface area contributed by atoms with E-state index in [2.05, 4.69) is 25.4 Å². The summed E-state index contributed by atoms with van der Waals surface area (Å²) in [5, 5.41) is 8.40. The van der Waals surface area contributed by atoms with Gasteiger partial charge in [-0.15, -0.1) is 11.3 Å². The standard InChI is InChI=1S/C19H18N6O2S/c1-3-27-19(26)16-12(2)15-17(22-11-23-18(15)28-16)21-10-13-5-7-20-14(9-13)25-8-4-6-24-25/h4-9,11H,3,10H2,1-2H3,(H,21,22,23). The summed E-state index contributed by atoms with van der Waals surface area (Å²) in [4.78, 5) is 26.5. The number of nitrogens with one attached hydrogen (secondary N) is 1. The smallest absolute Gasteiger partial charge is 0.348 e. The first-order valence-electron chi connectivity index (χ1n) is 8.77. The molecule has 0 aromatic carbocycles. The van der Waals surface area contributed by atoms with Crippen molar-refractivity contribution in [1.29, 1.82) is 0 Å². The molecule has 0 radical (unpaired) electrons. The monoisotopic (exact) mass is 394 g/mol. The highest BCUT2D eigenvalue weighted by Crippen LogP contribution is 2.33. The Balaban J connectivity index is 1.60. The molecule has 4 rings (SSSR count). The van der Waals surface area contributed by atoms with Gasteiger partial charge in [0.05, 0.1) is 12.0 Å². The zero-order valence-electron chi connectivity index (χ0n) is 15.4. The third-order valence-corrected chi connectivity index (χ3v) is 5.38. The summed E-state index contributed by atoms with van der Waals surface area (Å²) in [5.41, 5.74) is 1.86. The second-order valence-corrected chi connectivity index (χ2v) is 7.00. The number of esters is 1. The van der Waals surface area contributed by atoms with Gasteiger partial charge in [-0.3, -0.25) is 0 Å². The lowest BCUT2D eigenvalue weighted by atomic mass is 10.2. The minimum absolute atomic E-state index is 0.327. The number of ether oxygens (including phenoxy) is 1. The quantitative estimate of drug-likeness (QED) is 0.501. The lowest BCUT2D eigenvalue weighted by Gasteiger charge is -2.09. The molecule has 4 aromatic rings. The number of aromatic nitrogens is 5. The molecule has 0 saturated carbocycles. The SMILES string of the molecule is CCOC(=O)c1sc2ncnc(NCc3ccnc(-n4cccn4)c3)c2c1C. The van der Waals surface area contributed by atoms with E-state index in [1.807, 2.05) is 31.3 Å². The van der Waals surface area contributed by atoms with Crippen LogP contribution in [0.5, 0.6) is 0 Å². The lowest BCUT2D eigenvalue weighted by Crippen LogP contribution is -2.05. The zero-order chi connectivity index (χ0) is 19.5. The van der Waals surface area contributed by atoms with Crippen molar-refractivity contribution >= 4 is 33.3 Å². The van der Waals surface area contributed by atoms with E-state index in [1.165, 1.54) is 17.7 Å². The van der Waals surface area contributed by atoms with E-state index in [0.717, 1.165) is 27.2 Å². The maximum absolute atomic E-state index is 12.2. The highest BCUT2D eigenvalue weighted by molar-refractivity contribution is 7.20. The highest BCUT2D eigenvalue weighted by atomic mass is 32.1. The zero-order valence-corrected chi connectivity index (χ0v) is 16.2. The normalized spacial score (nSPS) is 10.9. The molecule has 0 aliphatic heterocycles. The van der Waals surface area contributed by atoms with Gasteiger partial charge in [-0.05, 0) is 43.2 Å². The number of aryl methyl sites for hydroxylation is 1. The van der Waals surface area contributed by atoms with Gasteiger partial charge in [0.25, 0.3) is 0 Å². The largest absolute Gasteiger partial charge is 0.462 e.